The SMILES string of the molecule is N#Cc1ccc(Cn2cncc2CN[C@H]2CCCCN(Cc3ccccc3Cl)C2)cc1. The van der Waals surface area contributed by atoms with Crippen LogP contribution in [0.25, 0.3) is 0 Å². The summed E-state index contributed by atoms with van der Waals surface area (Å²) < 4.78 is 2.17. The number of likely N-dealkylation sites (tertiary alicyclic amines) is 1. The predicted molar refractivity (Wildman–Crippen MR) is 124 cm³/mol. The lowest BCUT2D eigenvalue weighted by Gasteiger charge is -2.25. The van der Waals surface area contributed by atoms with Crippen molar-refractivity contribution in [2.45, 2.75) is 44.9 Å². The zero-order chi connectivity index (χ0) is 21.5. The first-order valence-electron chi connectivity index (χ1n) is 10.9. The van der Waals surface area contributed by atoms with Crippen molar-refractivity contribution in [3.8, 4) is 6.07 Å². The first-order valence-corrected chi connectivity index (χ1v) is 11.3. The molecule has 0 unspecified atom stereocenters. The van der Waals surface area contributed by atoms with Crippen molar-refractivity contribution in [1.29, 1.82) is 5.26 Å². The lowest BCUT2D eigenvalue weighted by atomic mass is 10.1. The third kappa shape index (κ3) is 5.95. The number of nitrogens with one attached hydrogen (secondary N) is 1. The number of nitriles is 1. The van der Waals surface area contributed by atoms with Crippen LogP contribution in [0.5, 0.6) is 0 Å². The number of nitrogens with zero attached hydrogens (tertiary/aromatic N) is 4. The minimum atomic E-state index is 0.447. The molecule has 0 amide bonds. The van der Waals surface area contributed by atoms with Crippen LogP contribution in [-0.2, 0) is 19.6 Å². The van der Waals surface area contributed by atoms with Crippen molar-refractivity contribution in [2.24, 2.45) is 0 Å². The van der Waals surface area contributed by atoms with E-state index in [-0.39, 0.29) is 0 Å². The standard InChI is InChI=1S/C25H28ClN5/c26-25-7-2-1-5-22(25)17-30-12-4-3-6-23(18-30)29-15-24-14-28-19-31(24)16-21-10-8-20(13-27)9-11-21/h1-2,5,7-11,14,19,23,29H,3-4,6,12,15-18H2/t23-/m0/s1. The minimum absolute atomic E-state index is 0.447. The van der Waals surface area contributed by atoms with Crippen molar-refractivity contribution in [2.75, 3.05) is 13.1 Å². The Hall–Kier alpha value is -2.65. The number of hydrogen-bond donors (Lipinski definition) is 1. The van der Waals surface area contributed by atoms with Crippen LogP contribution >= 0.6 is 11.6 Å². The summed E-state index contributed by atoms with van der Waals surface area (Å²) in [6.07, 6.45) is 7.46. The topological polar surface area (TPSA) is 56.9 Å². The second-order valence-corrected chi connectivity index (χ2v) is 8.63. The van der Waals surface area contributed by atoms with Gasteiger partial charge in [0, 0.05) is 43.4 Å². The molecular formula is C25H28ClN5. The normalized spacial score (nSPS) is 17.2. The van der Waals surface area contributed by atoms with E-state index in [4.69, 9.17) is 16.9 Å². The Kier molecular flexibility index (Phi) is 7.37. The fraction of sp³-hybridized carbons (Fsp3) is 0.360. The van der Waals surface area contributed by atoms with Gasteiger partial charge in [-0.15, -0.1) is 0 Å². The number of halogens is 1. The van der Waals surface area contributed by atoms with Crippen molar-refractivity contribution < 1.29 is 0 Å². The fourth-order valence-electron chi connectivity index (χ4n) is 4.17. The molecule has 0 aliphatic carbocycles. The Balaban J connectivity index is 1.34. The number of rotatable bonds is 7. The third-order valence-electron chi connectivity index (χ3n) is 5.91. The average molecular weight is 434 g/mol. The quantitative estimate of drug-likeness (QED) is 0.591. The van der Waals surface area contributed by atoms with Gasteiger partial charge in [-0.05, 0) is 48.7 Å². The summed E-state index contributed by atoms with van der Waals surface area (Å²) in [5.41, 5.74) is 4.22. The van der Waals surface area contributed by atoms with Crippen LogP contribution in [0.1, 0.15) is 41.6 Å². The van der Waals surface area contributed by atoms with E-state index in [9.17, 15) is 0 Å². The summed E-state index contributed by atoms with van der Waals surface area (Å²) in [5.74, 6) is 0. The largest absolute Gasteiger partial charge is 0.329 e. The molecule has 1 atom stereocenters. The molecule has 1 fully saturated rings. The van der Waals surface area contributed by atoms with Gasteiger partial charge in [-0.25, -0.2) is 4.98 Å². The van der Waals surface area contributed by atoms with Gasteiger partial charge in [0.05, 0.1) is 23.7 Å². The van der Waals surface area contributed by atoms with Crippen LogP contribution in [0.4, 0.5) is 0 Å². The number of hydrogen-bond acceptors (Lipinski definition) is 4. The van der Waals surface area contributed by atoms with Crippen molar-refractivity contribution >= 4 is 11.6 Å². The summed E-state index contributed by atoms with van der Waals surface area (Å²) >= 11 is 6.38. The molecule has 0 bridgehead atoms. The van der Waals surface area contributed by atoms with Crippen LogP contribution in [0.2, 0.25) is 5.02 Å². The molecule has 1 aliphatic heterocycles. The highest BCUT2D eigenvalue weighted by Crippen LogP contribution is 2.20. The first kappa shape index (κ1) is 21.6. The molecule has 1 aliphatic rings. The minimum Gasteiger partial charge on any atom is -0.329 e. The number of aromatic nitrogens is 2. The maximum atomic E-state index is 8.97. The third-order valence-corrected chi connectivity index (χ3v) is 6.28. The molecule has 1 N–H and O–H groups in total. The van der Waals surface area contributed by atoms with Crippen molar-refractivity contribution in [3.63, 3.8) is 0 Å². The summed E-state index contributed by atoms with van der Waals surface area (Å²) in [7, 11) is 0. The van der Waals surface area contributed by atoms with Gasteiger partial charge in [0.15, 0.2) is 0 Å². The molecule has 31 heavy (non-hydrogen) atoms. The van der Waals surface area contributed by atoms with E-state index in [2.05, 4.69) is 38.0 Å². The van der Waals surface area contributed by atoms with Crippen LogP contribution in [0, 0.1) is 11.3 Å². The average Bonchev–Trinajstić information content (AvgIpc) is 3.10. The van der Waals surface area contributed by atoms with E-state index in [0.717, 1.165) is 37.7 Å². The summed E-state index contributed by atoms with van der Waals surface area (Å²) in [5, 5.41) is 13.6. The molecule has 2 heterocycles. The molecule has 0 radical (unpaired) electrons. The van der Waals surface area contributed by atoms with Crippen molar-refractivity contribution in [1.82, 2.24) is 19.8 Å². The van der Waals surface area contributed by atoms with Gasteiger partial charge < -0.3 is 9.88 Å². The van der Waals surface area contributed by atoms with E-state index >= 15 is 0 Å². The molecule has 0 saturated carbocycles. The fourth-order valence-corrected chi connectivity index (χ4v) is 4.36. The Labute approximate surface area is 189 Å². The van der Waals surface area contributed by atoms with E-state index < -0.39 is 0 Å². The molecule has 2 aromatic carbocycles. The lowest BCUT2D eigenvalue weighted by Crippen LogP contribution is -2.39. The van der Waals surface area contributed by atoms with E-state index in [0.29, 0.717) is 11.6 Å². The van der Waals surface area contributed by atoms with Gasteiger partial charge in [0.25, 0.3) is 0 Å². The molecule has 1 saturated heterocycles. The van der Waals surface area contributed by atoms with Crippen LogP contribution < -0.4 is 5.32 Å². The van der Waals surface area contributed by atoms with Crippen LogP contribution in [-0.4, -0.2) is 33.6 Å². The highest BCUT2D eigenvalue weighted by Gasteiger charge is 2.19. The second-order valence-electron chi connectivity index (χ2n) is 8.22. The molecule has 0 spiro atoms. The molecular weight excluding hydrogens is 406 g/mol. The van der Waals surface area contributed by atoms with Gasteiger partial charge in [-0.2, -0.15) is 5.26 Å². The van der Waals surface area contributed by atoms with Gasteiger partial charge in [0.1, 0.15) is 0 Å². The van der Waals surface area contributed by atoms with E-state index in [1.54, 1.807) is 0 Å². The Morgan fingerprint density at radius 2 is 1.94 bits per heavy atom. The zero-order valence-electron chi connectivity index (χ0n) is 17.7. The summed E-state index contributed by atoms with van der Waals surface area (Å²) in [4.78, 5) is 6.87. The molecule has 1 aromatic heterocycles. The molecule has 3 aromatic rings. The molecule has 160 valence electrons. The van der Waals surface area contributed by atoms with E-state index in [1.807, 2.05) is 48.9 Å². The summed E-state index contributed by atoms with van der Waals surface area (Å²) in [6.45, 7) is 4.58. The maximum absolute atomic E-state index is 8.97. The number of imidazole rings is 1. The smallest absolute Gasteiger partial charge is 0.0991 e. The Morgan fingerprint density at radius 1 is 1.10 bits per heavy atom. The Morgan fingerprint density at radius 3 is 2.74 bits per heavy atom. The summed E-state index contributed by atoms with van der Waals surface area (Å²) in [6, 6.07) is 18.5. The molecule has 5 nitrogen and oxygen atoms in total. The first-order chi connectivity index (χ1) is 15.2. The molecule has 4 rings (SSSR count). The van der Waals surface area contributed by atoms with Crippen molar-refractivity contribution in [3.05, 3.63) is 88.5 Å². The van der Waals surface area contributed by atoms with E-state index in [1.165, 1.54) is 36.1 Å². The maximum Gasteiger partial charge on any atom is 0.0991 e. The van der Waals surface area contributed by atoms with Gasteiger partial charge >= 0.3 is 0 Å². The Bertz CT molecular complexity index is 1020. The predicted octanol–water partition coefficient (Wildman–Crippen LogP) is 4.60. The second kappa shape index (κ2) is 10.6. The van der Waals surface area contributed by atoms with Gasteiger partial charge in [-0.3, -0.25) is 4.90 Å². The zero-order valence-corrected chi connectivity index (χ0v) is 18.4. The van der Waals surface area contributed by atoms with Crippen LogP contribution in [0.15, 0.2) is 61.1 Å². The number of benzene rings is 2. The highest BCUT2D eigenvalue weighted by atomic mass is 35.5. The van der Waals surface area contributed by atoms with Crippen LogP contribution in [0.3, 0.4) is 0 Å². The van der Waals surface area contributed by atoms with Gasteiger partial charge in [-0.1, -0.05) is 48.4 Å². The highest BCUT2D eigenvalue weighted by molar-refractivity contribution is 6.31. The lowest BCUT2D eigenvalue weighted by molar-refractivity contribution is 0.250. The molecule has 6 heteroatoms. The van der Waals surface area contributed by atoms with Gasteiger partial charge in [0.2, 0.25) is 0 Å². The monoisotopic (exact) mass is 433 g/mol.